The number of hydrogen-bond donors (Lipinski definition) is 1. The molecule has 0 heterocycles. The molecule has 0 saturated carbocycles. The molecular weight excluding hydrogens is 224 g/mol. The molecule has 0 spiro atoms. The van der Waals surface area contributed by atoms with Crippen LogP contribution in [-0.2, 0) is 17.8 Å². The van der Waals surface area contributed by atoms with Gasteiger partial charge in [-0.05, 0) is 23.6 Å². The molecule has 0 amide bonds. The molecule has 0 radical (unpaired) electrons. The second-order valence-corrected chi connectivity index (χ2v) is 4.03. The Morgan fingerprint density at radius 3 is 2.56 bits per heavy atom. The van der Waals surface area contributed by atoms with Gasteiger partial charge >= 0.3 is 11.4 Å². The van der Waals surface area contributed by atoms with Crippen LogP contribution in [0.3, 0.4) is 0 Å². The zero-order valence-electron chi connectivity index (χ0n) is 8.84. The van der Waals surface area contributed by atoms with Crippen LogP contribution in [0.2, 0.25) is 0 Å². The van der Waals surface area contributed by atoms with Crippen LogP contribution in [0.15, 0.2) is 36.4 Å². The van der Waals surface area contributed by atoms with Crippen molar-refractivity contribution in [2.45, 2.75) is 13.3 Å². The zero-order valence-corrected chi connectivity index (χ0v) is 9.66. The number of aryl methyl sites for hydroxylation is 1. The van der Waals surface area contributed by atoms with Gasteiger partial charge in [0.05, 0.1) is 0 Å². The monoisotopic (exact) mass is 236 g/mol. The number of rotatable bonds is 3. The summed E-state index contributed by atoms with van der Waals surface area (Å²) >= 11 is -2.28. The lowest BCUT2D eigenvalue weighted by Crippen LogP contribution is -1.96. The highest BCUT2D eigenvalue weighted by Gasteiger charge is 2.15. The van der Waals surface area contributed by atoms with Crippen molar-refractivity contribution in [2.75, 3.05) is 0 Å². The smallest absolute Gasteiger partial charge is 0.357 e. The minimum atomic E-state index is -2.28. The molecule has 1 atom stereocenters. The molecule has 0 saturated heterocycles. The summed E-state index contributed by atoms with van der Waals surface area (Å²) in [5, 5.41) is 0. The quantitative estimate of drug-likeness (QED) is 0.833. The van der Waals surface area contributed by atoms with E-state index in [9.17, 15) is 4.21 Å². The molecule has 1 unspecified atom stereocenters. The SMILES string of the molecule is CCc1cc(OS(=O)O)c2cccccc1-2. The summed E-state index contributed by atoms with van der Waals surface area (Å²) in [6.45, 7) is 2.04. The summed E-state index contributed by atoms with van der Waals surface area (Å²) in [6.07, 6.45) is 0.863. The molecule has 0 aliphatic heterocycles. The van der Waals surface area contributed by atoms with Gasteiger partial charge in [0.25, 0.3) is 0 Å². The fraction of sp³-hybridized carbons (Fsp3) is 0.167. The summed E-state index contributed by atoms with van der Waals surface area (Å²) in [5.41, 5.74) is 3.05. The lowest BCUT2D eigenvalue weighted by molar-refractivity contribution is 0.459. The molecular formula is C12H12O3S. The fourth-order valence-corrected chi connectivity index (χ4v) is 2.09. The van der Waals surface area contributed by atoms with E-state index in [2.05, 4.69) is 0 Å². The first kappa shape index (κ1) is 11.1. The fourth-order valence-electron chi connectivity index (χ4n) is 1.79. The Morgan fingerprint density at radius 1 is 1.25 bits per heavy atom. The second kappa shape index (κ2) is 4.63. The number of fused-ring (bicyclic) bond motifs is 1. The maximum Gasteiger partial charge on any atom is 0.357 e. The van der Waals surface area contributed by atoms with Crippen molar-refractivity contribution in [2.24, 2.45) is 0 Å². The first-order valence-electron chi connectivity index (χ1n) is 5.02. The number of hydrogen-bond acceptors (Lipinski definition) is 2. The van der Waals surface area contributed by atoms with E-state index >= 15 is 0 Å². The molecule has 3 nitrogen and oxygen atoms in total. The molecule has 0 aromatic rings. The highest BCUT2D eigenvalue weighted by atomic mass is 32.2. The lowest BCUT2D eigenvalue weighted by atomic mass is 10.1. The van der Waals surface area contributed by atoms with Gasteiger partial charge in [-0.1, -0.05) is 37.3 Å². The van der Waals surface area contributed by atoms with Gasteiger partial charge in [0.1, 0.15) is 0 Å². The first-order chi connectivity index (χ1) is 7.72. The van der Waals surface area contributed by atoms with Gasteiger partial charge < -0.3 is 4.18 Å². The van der Waals surface area contributed by atoms with Crippen molar-refractivity contribution in [3.05, 3.63) is 42.0 Å². The summed E-state index contributed by atoms with van der Waals surface area (Å²) in [5.74, 6) is 0.462. The van der Waals surface area contributed by atoms with Crippen LogP contribution >= 0.6 is 0 Å². The minimum absolute atomic E-state index is 0.462. The average Bonchev–Trinajstić information content (AvgIpc) is 2.45. The molecule has 2 aliphatic carbocycles. The highest BCUT2D eigenvalue weighted by Crippen LogP contribution is 2.37. The van der Waals surface area contributed by atoms with Crippen LogP contribution in [-0.4, -0.2) is 8.76 Å². The molecule has 0 bridgehead atoms. The summed E-state index contributed by atoms with van der Waals surface area (Å²) < 4.78 is 24.3. The molecule has 0 aromatic carbocycles. The molecule has 2 aliphatic rings. The summed E-state index contributed by atoms with van der Waals surface area (Å²) in [4.78, 5) is 0. The third-order valence-electron chi connectivity index (χ3n) is 2.50. The molecule has 4 heteroatoms. The Bertz CT molecular complexity index is 496. The van der Waals surface area contributed by atoms with Crippen LogP contribution in [0.5, 0.6) is 5.75 Å². The highest BCUT2D eigenvalue weighted by molar-refractivity contribution is 7.74. The van der Waals surface area contributed by atoms with Gasteiger partial charge in [0, 0.05) is 5.56 Å². The first-order valence-corrected chi connectivity index (χ1v) is 6.05. The minimum Gasteiger partial charge on any atom is -0.379 e. The third kappa shape index (κ3) is 2.08. The lowest BCUT2D eigenvalue weighted by Gasteiger charge is -1.99. The van der Waals surface area contributed by atoms with Crippen LogP contribution in [0.1, 0.15) is 12.5 Å². The third-order valence-corrected chi connectivity index (χ3v) is 2.82. The van der Waals surface area contributed by atoms with Crippen molar-refractivity contribution in [3.8, 4) is 16.9 Å². The van der Waals surface area contributed by atoms with Gasteiger partial charge in [-0.15, -0.1) is 0 Å². The van der Waals surface area contributed by atoms with E-state index in [1.807, 2.05) is 43.3 Å². The molecule has 16 heavy (non-hydrogen) atoms. The largest absolute Gasteiger partial charge is 0.379 e. The van der Waals surface area contributed by atoms with Crippen molar-refractivity contribution in [3.63, 3.8) is 0 Å². The summed E-state index contributed by atoms with van der Waals surface area (Å²) in [6, 6.07) is 11.4. The van der Waals surface area contributed by atoms with E-state index in [4.69, 9.17) is 8.74 Å². The van der Waals surface area contributed by atoms with E-state index in [-0.39, 0.29) is 0 Å². The second-order valence-electron chi connectivity index (χ2n) is 3.43. The Kier molecular flexibility index (Phi) is 3.22. The maximum absolute atomic E-state index is 10.7. The Morgan fingerprint density at radius 2 is 1.94 bits per heavy atom. The van der Waals surface area contributed by atoms with Crippen molar-refractivity contribution >= 4 is 11.4 Å². The Labute approximate surface area is 96.9 Å². The van der Waals surface area contributed by atoms with E-state index in [0.717, 1.165) is 23.1 Å². The van der Waals surface area contributed by atoms with E-state index in [1.54, 1.807) is 0 Å². The predicted octanol–water partition coefficient (Wildman–Crippen LogP) is 2.87. The molecule has 1 N–H and O–H groups in total. The topological polar surface area (TPSA) is 46.5 Å². The summed E-state index contributed by atoms with van der Waals surface area (Å²) in [7, 11) is 0. The molecule has 0 fully saturated rings. The average molecular weight is 236 g/mol. The van der Waals surface area contributed by atoms with E-state index < -0.39 is 11.4 Å². The van der Waals surface area contributed by atoms with Crippen LogP contribution in [0.4, 0.5) is 0 Å². The van der Waals surface area contributed by atoms with Crippen molar-refractivity contribution in [1.29, 1.82) is 0 Å². The Balaban J connectivity index is 2.56. The zero-order chi connectivity index (χ0) is 11.5. The molecule has 0 aromatic heterocycles. The van der Waals surface area contributed by atoms with Crippen molar-refractivity contribution in [1.82, 2.24) is 0 Å². The van der Waals surface area contributed by atoms with Crippen LogP contribution < -0.4 is 4.18 Å². The van der Waals surface area contributed by atoms with Gasteiger partial charge in [-0.2, -0.15) is 4.21 Å². The van der Waals surface area contributed by atoms with Gasteiger partial charge in [0.2, 0.25) is 0 Å². The standard InChI is InChI=1S/C12H12O3S/c1-2-9-8-12(15-16(13)14)11-7-5-3-4-6-10(9)11/h3-8H,2H2,1H3,(H,13,14). The van der Waals surface area contributed by atoms with Gasteiger partial charge in [-0.25, -0.2) is 0 Å². The Hall–Kier alpha value is -1.39. The normalized spacial score (nSPS) is 12.6. The molecule has 84 valence electrons. The van der Waals surface area contributed by atoms with Crippen LogP contribution in [0, 0.1) is 0 Å². The maximum atomic E-state index is 10.7. The van der Waals surface area contributed by atoms with E-state index in [1.165, 1.54) is 0 Å². The van der Waals surface area contributed by atoms with Crippen molar-refractivity contribution < 1.29 is 12.9 Å². The van der Waals surface area contributed by atoms with Gasteiger partial charge in [0.15, 0.2) is 5.75 Å². The van der Waals surface area contributed by atoms with Crippen LogP contribution in [0.25, 0.3) is 11.1 Å². The van der Waals surface area contributed by atoms with Gasteiger partial charge in [-0.3, -0.25) is 4.55 Å². The van der Waals surface area contributed by atoms with E-state index in [0.29, 0.717) is 5.75 Å². The predicted molar refractivity (Wildman–Crippen MR) is 63.8 cm³/mol. The molecule has 2 rings (SSSR count).